The fourth-order valence-electron chi connectivity index (χ4n) is 2.19. The second kappa shape index (κ2) is 7.01. The maximum atomic E-state index is 13.5. The Kier molecular flexibility index (Phi) is 5.32. The lowest BCUT2D eigenvalue weighted by molar-refractivity contribution is 0.406. The first-order valence-electron chi connectivity index (χ1n) is 6.60. The van der Waals surface area contributed by atoms with Crippen molar-refractivity contribution in [2.75, 3.05) is 12.4 Å². The maximum Gasteiger partial charge on any atom is 0.160 e. The Hall–Kier alpha value is -1.45. The van der Waals surface area contributed by atoms with E-state index >= 15 is 0 Å². The maximum absolute atomic E-state index is 13.5. The molecule has 0 radical (unpaired) electrons. The molecule has 1 N–H and O–H groups in total. The Balaban J connectivity index is 2.31. The van der Waals surface area contributed by atoms with Crippen LogP contribution in [-0.2, 0) is 0 Å². The van der Waals surface area contributed by atoms with E-state index in [-0.39, 0.29) is 16.1 Å². The zero-order valence-electron chi connectivity index (χ0n) is 11.8. The minimum atomic E-state index is -0.603. The van der Waals surface area contributed by atoms with Crippen LogP contribution in [0.2, 0.25) is 10.0 Å². The summed E-state index contributed by atoms with van der Waals surface area (Å²) in [5, 5.41) is 3.31. The molecular weight excluding hydrogens is 312 g/mol. The second-order valence-corrected chi connectivity index (χ2v) is 5.42. The van der Waals surface area contributed by atoms with Gasteiger partial charge in [-0.15, -0.1) is 0 Å². The summed E-state index contributed by atoms with van der Waals surface area (Å²) in [7, 11) is 1.64. The predicted octanol–water partition coefficient (Wildman–Crippen LogP) is 5.70. The Morgan fingerprint density at radius 2 is 1.81 bits per heavy atom. The number of halogens is 3. The van der Waals surface area contributed by atoms with E-state index in [0.29, 0.717) is 5.69 Å². The number of ether oxygens (including phenoxy) is 1. The molecule has 2 rings (SSSR count). The van der Waals surface area contributed by atoms with Crippen molar-refractivity contribution in [2.24, 2.45) is 0 Å². The minimum Gasteiger partial charge on any atom is -0.496 e. The molecule has 0 aliphatic heterocycles. The first-order chi connectivity index (χ1) is 10.1. The van der Waals surface area contributed by atoms with Crippen LogP contribution in [0.5, 0.6) is 5.75 Å². The predicted molar refractivity (Wildman–Crippen MR) is 86.1 cm³/mol. The van der Waals surface area contributed by atoms with Crippen LogP contribution < -0.4 is 10.1 Å². The van der Waals surface area contributed by atoms with Gasteiger partial charge in [0.25, 0.3) is 0 Å². The smallest absolute Gasteiger partial charge is 0.160 e. The number of nitrogens with one attached hydrogen (secondary N) is 1. The lowest BCUT2D eigenvalue weighted by Gasteiger charge is -2.21. The fraction of sp³-hybridized carbons (Fsp3) is 0.250. The molecule has 0 bridgehead atoms. The van der Waals surface area contributed by atoms with Crippen LogP contribution in [-0.4, -0.2) is 7.11 Å². The molecule has 0 saturated carbocycles. The third kappa shape index (κ3) is 3.60. The van der Waals surface area contributed by atoms with E-state index in [4.69, 9.17) is 27.9 Å². The summed E-state index contributed by atoms with van der Waals surface area (Å²) in [5.74, 6) is 0.199. The van der Waals surface area contributed by atoms with Crippen LogP contribution >= 0.6 is 23.2 Å². The summed E-state index contributed by atoms with van der Waals surface area (Å²) >= 11 is 11.7. The summed E-state index contributed by atoms with van der Waals surface area (Å²) in [6.45, 7) is 2.05. The molecule has 1 atom stereocenters. The number of anilines is 1. The van der Waals surface area contributed by atoms with Gasteiger partial charge in [0.05, 0.1) is 23.2 Å². The van der Waals surface area contributed by atoms with E-state index in [1.807, 2.05) is 24.3 Å². The first-order valence-corrected chi connectivity index (χ1v) is 7.36. The molecule has 0 saturated heterocycles. The van der Waals surface area contributed by atoms with E-state index < -0.39 is 5.82 Å². The van der Waals surface area contributed by atoms with Crippen LogP contribution in [0.3, 0.4) is 0 Å². The Morgan fingerprint density at radius 1 is 1.19 bits per heavy atom. The molecule has 2 aromatic rings. The molecule has 21 heavy (non-hydrogen) atoms. The lowest BCUT2D eigenvalue weighted by Crippen LogP contribution is -2.11. The summed E-state index contributed by atoms with van der Waals surface area (Å²) in [6.07, 6.45) is 0.826. The average molecular weight is 328 g/mol. The monoisotopic (exact) mass is 327 g/mol. The molecule has 0 aliphatic carbocycles. The van der Waals surface area contributed by atoms with E-state index in [2.05, 4.69) is 12.2 Å². The van der Waals surface area contributed by atoms with Gasteiger partial charge in [-0.1, -0.05) is 48.3 Å². The highest BCUT2D eigenvalue weighted by Gasteiger charge is 2.15. The fourth-order valence-corrected chi connectivity index (χ4v) is 2.68. The van der Waals surface area contributed by atoms with Gasteiger partial charge in [0.2, 0.25) is 0 Å². The number of rotatable bonds is 5. The van der Waals surface area contributed by atoms with E-state index in [1.54, 1.807) is 7.11 Å². The van der Waals surface area contributed by atoms with Crippen LogP contribution in [0.15, 0.2) is 36.4 Å². The van der Waals surface area contributed by atoms with Crippen molar-refractivity contribution >= 4 is 28.9 Å². The number of hydrogen-bond donors (Lipinski definition) is 1. The van der Waals surface area contributed by atoms with Crippen molar-refractivity contribution in [1.29, 1.82) is 0 Å². The van der Waals surface area contributed by atoms with Crippen molar-refractivity contribution in [3.63, 3.8) is 0 Å². The highest BCUT2D eigenvalue weighted by atomic mass is 35.5. The van der Waals surface area contributed by atoms with Gasteiger partial charge in [-0.25, -0.2) is 4.39 Å². The zero-order chi connectivity index (χ0) is 15.4. The molecule has 0 aliphatic rings. The second-order valence-electron chi connectivity index (χ2n) is 4.60. The average Bonchev–Trinajstić information content (AvgIpc) is 2.50. The minimum absolute atomic E-state index is 0.000111. The zero-order valence-corrected chi connectivity index (χ0v) is 13.3. The molecular formula is C16H16Cl2FNO. The molecule has 0 fully saturated rings. The first kappa shape index (κ1) is 15.9. The van der Waals surface area contributed by atoms with Gasteiger partial charge >= 0.3 is 0 Å². The molecule has 2 nitrogen and oxygen atoms in total. The van der Waals surface area contributed by atoms with Crippen molar-refractivity contribution < 1.29 is 9.13 Å². The van der Waals surface area contributed by atoms with E-state index in [9.17, 15) is 4.39 Å². The Bertz CT molecular complexity index is 610. The summed E-state index contributed by atoms with van der Waals surface area (Å²) in [5.41, 5.74) is 1.70. The van der Waals surface area contributed by atoms with E-state index in [0.717, 1.165) is 17.7 Å². The summed E-state index contributed by atoms with van der Waals surface area (Å²) in [4.78, 5) is 0. The summed E-state index contributed by atoms with van der Waals surface area (Å²) < 4.78 is 18.8. The molecule has 0 spiro atoms. The highest BCUT2D eigenvalue weighted by molar-refractivity contribution is 6.35. The normalized spacial score (nSPS) is 12.0. The third-order valence-corrected chi connectivity index (χ3v) is 3.80. The molecule has 1 unspecified atom stereocenters. The van der Waals surface area contributed by atoms with Gasteiger partial charge in [0.1, 0.15) is 5.75 Å². The van der Waals surface area contributed by atoms with Gasteiger partial charge in [-0.3, -0.25) is 0 Å². The molecule has 0 heterocycles. The molecule has 5 heteroatoms. The molecule has 112 valence electrons. The van der Waals surface area contributed by atoms with E-state index in [1.165, 1.54) is 12.1 Å². The van der Waals surface area contributed by atoms with Gasteiger partial charge in [0.15, 0.2) is 5.82 Å². The van der Waals surface area contributed by atoms with Gasteiger partial charge in [0, 0.05) is 11.3 Å². The quantitative estimate of drug-likeness (QED) is 0.710. The van der Waals surface area contributed by atoms with Crippen LogP contribution in [0, 0.1) is 5.82 Å². The van der Waals surface area contributed by atoms with Gasteiger partial charge in [-0.05, 0) is 24.6 Å². The van der Waals surface area contributed by atoms with Crippen LogP contribution in [0.1, 0.15) is 24.9 Å². The standard InChI is InChI=1S/C16H16Cl2FNO/c1-3-14(11-6-4-5-7-15(11)21-2)20-10-8-12(17)16(19)13(18)9-10/h4-9,14,20H,3H2,1-2H3. The van der Waals surface area contributed by atoms with Crippen LogP contribution in [0.4, 0.5) is 10.1 Å². The Labute approximate surface area is 133 Å². The molecule has 2 aromatic carbocycles. The Morgan fingerprint density at radius 3 is 2.38 bits per heavy atom. The number of methoxy groups -OCH3 is 1. The number of para-hydroxylation sites is 1. The SMILES string of the molecule is CCC(Nc1cc(Cl)c(F)c(Cl)c1)c1ccccc1OC. The van der Waals surface area contributed by atoms with Gasteiger partial charge < -0.3 is 10.1 Å². The van der Waals surface area contributed by atoms with Crippen LogP contribution in [0.25, 0.3) is 0 Å². The third-order valence-electron chi connectivity index (χ3n) is 3.25. The highest BCUT2D eigenvalue weighted by Crippen LogP contribution is 2.33. The largest absolute Gasteiger partial charge is 0.496 e. The van der Waals surface area contributed by atoms with Gasteiger partial charge in [-0.2, -0.15) is 0 Å². The topological polar surface area (TPSA) is 21.3 Å². The summed E-state index contributed by atoms with van der Waals surface area (Å²) in [6, 6.07) is 10.8. The van der Waals surface area contributed by atoms with Crippen molar-refractivity contribution in [3.05, 3.63) is 57.8 Å². The lowest BCUT2D eigenvalue weighted by atomic mass is 10.0. The van der Waals surface area contributed by atoms with Crippen molar-refractivity contribution in [1.82, 2.24) is 0 Å². The number of benzene rings is 2. The molecule has 0 aromatic heterocycles. The van der Waals surface area contributed by atoms with Crippen molar-refractivity contribution in [2.45, 2.75) is 19.4 Å². The van der Waals surface area contributed by atoms with Crippen molar-refractivity contribution in [3.8, 4) is 5.75 Å². The number of hydrogen-bond acceptors (Lipinski definition) is 2. The molecule has 0 amide bonds.